The van der Waals surface area contributed by atoms with Crippen LogP contribution in [0.25, 0.3) is 0 Å². The van der Waals surface area contributed by atoms with Gasteiger partial charge in [-0.05, 0) is 50.4 Å². The first-order chi connectivity index (χ1) is 10.7. The van der Waals surface area contributed by atoms with E-state index < -0.39 is 0 Å². The largest absolute Gasteiger partial charge is 0.352 e. The van der Waals surface area contributed by atoms with E-state index in [0.717, 1.165) is 6.54 Å². The van der Waals surface area contributed by atoms with Gasteiger partial charge in [-0.3, -0.25) is 4.79 Å². The van der Waals surface area contributed by atoms with Gasteiger partial charge < -0.3 is 10.2 Å². The summed E-state index contributed by atoms with van der Waals surface area (Å²) in [6.07, 6.45) is 2.24. The molecule has 0 aliphatic heterocycles. The number of nitrogens with one attached hydrogen (secondary N) is 1. The molecule has 3 nitrogen and oxygen atoms in total. The molecule has 126 valence electrons. The van der Waals surface area contributed by atoms with Crippen LogP contribution in [0, 0.1) is 17.3 Å². The predicted molar refractivity (Wildman–Crippen MR) is 95.9 cm³/mol. The van der Waals surface area contributed by atoms with Crippen molar-refractivity contribution in [3.05, 3.63) is 47.0 Å². The fourth-order valence-electron chi connectivity index (χ4n) is 3.37. The molecule has 2 atom stereocenters. The summed E-state index contributed by atoms with van der Waals surface area (Å²) in [6.45, 7) is 10.1. The van der Waals surface area contributed by atoms with Crippen molar-refractivity contribution in [1.29, 1.82) is 0 Å². The summed E-state index contributed by atoms with van der Waals surface area (Å²) in [5.74, 6) is 0.639. The van der Waals surface area contributed by atoms with Crippen LogP contribution >= 0.6 is 0 Å². The first-order valence-corrected chi connectivity index (χ1v) is 8.37. The third-order valence-electron chi connectivity index (χ3n) is 4.76. The van der Waals surface area contributed by atoms with Crippen LogP contribution < -0.4 is 5.32 Å². The van der Waals surface area contributed by atoms with E-state index in [9.17, 15) is 4.79 Å². The van der Waals surface area contributed by atoms with Gasteiger partial charge >= 0.3 is 0 Å². The van der Waals surface area contributed by atoms with E-state index in [0.29, 0.717) is 12.5 Å². The van der Waals surface area contributed by atoms with Crippen molar-refractivity contribution in [3.63, 3.8) is 0 Å². The number of carbonyl (C=O) groups excluding carboxylic acids is 1. The molecule has 0 heterocycles. The molecule has 1 aliphatic carbocycles. The Balaban J connectivity index is 2.00. The molecule has 1 aromatic carbocycles. The summed E-state index contributed by atoms with van der Waals surface area (Å²) in [5, 5.41) is 3.15. The normalized spacial score (nSPS) is 21.9. The average Bonchev–Trinajstić information content (AvgIpc) is 2.97. The number of allylic oxidation sites excluding steroid dienone is 2. The molecule has 1 amide bonds. The quantitative estimate of drug-likeness (QED) is 0.814. The average molecular weight is 314 g/mol. The highest BCUT2D eigenvalue weighted by Gasteiger charge is 2.60. The highest BCUT2D eigenvalue weighted by atomic mass is 16.2. The number of amides is 1. The smallest absolute Gasteiger partial charge is 0.224 e. The monoisotopic (exact) mass is 314 g/mol. The van der Waals surface area contributed by atoms with E-state index in [2.05, 4.69) is 76.3 Å². The fourth-order valence-corrected chi connectivity index (χ4v) is 3.37. The fraction of sp³-hybridized carbons (Fsp3) is 0.550. The molecule has 0 unspecified atom stereocenters. The molecule has 1 saturated carbocycles. The molecule has 23 heavy (non-hydrogen) atoms. The Hall–Kier alpha value is -1.61. The van der Waals surface area contributed by atoms with Gasteiger partial charge in [0.25, 0.3) is 0 Å². The molecule has 3 heteroatoms. The lowest BCUT2D eigenvalue weighted by Crippen LogP contribution is -2.27. The second-order valence-electron chi connectivity index (χ2n) is 7.79. The van der Waals surface area contributed by atoms with E-state index in [1.807, 2.05) is 6.07 Å². The molecule has 0 bridgehead atoms. The van der Waals surface area contributed by atoms with Crippen molar-refractivity contribution >= 4 is 5.91 Å². The minimum absolute atomic E-state index is 0.0739. The summed E-state index contributed by atoms with van der Waals surface area (Å²) < 4.78 is 0. The zero-order valence-corrected chi connectivity index (χ0v) is 15.3. The van der Waals surface area contributed by atoms with Crippen LogP contribution in [-0.4, -0.2) is 24.9 Å². The van der Waals surface area contributed by atoms with Crippen LogP contribution in [0.5, 0.6) is 0 Å². The molecule has 1 aromatic rings. The second-order valence-corrected chi connectivity index (χ2v) is 7.79. The minimum Gasteiger partial charge on any atom is -0.352 e. The van der Waals surface area contributed by atoms with Gasteiger partial charge in [0.05, 0.1) is 5.92 Å². The summed E-state index contributed by atoms with van der Waals surface area (Å²) >= 11 is 0. The topological polar surface area (TPSA) is 32.3 Å². The lowest BCUT2D eigenvalue weighted by Gasteiger charge is -2.15. The van der Waals surface area contributed by atoms with Crippen LogP contribution in [-0.2, 0) is 17.9 Å². The molecule has 0 spiro atoms. The van der Waals surface area contributed by atoms with Gasteiger partial charge in [-0.1, -0.05) is 49.8 Å². The lowest BCUT2D eigenvalue weighted by molar-refractivity contribution is -0.123. The second kappa shape index (κ2) is 6.88. The van der Waals surface area contributed by atoms with Crippen molar-refractivity contribution in [1.82, 2.24) is 10.2 Å². The van der Waals surface area contributed by atoms with Gasteiger partial charge in [-0.15, -0.1) is 0 Å². The van der Waals surface area contributed by atoms with Crippen LogP contribution in [0.3, 0.4) is 0 Å². The van der Waals surface area contributed by atoms with Crippen LogP contribution in [0.15, 0.2) is 35.9 Å². The molecule has 2 rings (SSSR count). The molecule has 0 radical (unpaired) electrons. The Bertz CT molecular complexity index is 597. The molecule has 1 fully saturated rings. The first-order valence-electron chi connectivity index (χ1n) is 8.37. The first kappa shape index (κ1) is 17.7. The van der Waals surface area contributed by atoms with Crippen molar-refractivity contribution in [2.45, 2.75) is 40.8 Å². The van der Waals surface area contributed by atoms with E-state index >= 15 is 0 Å². The number of hydrogen-bond acceptors (Lipinski definition) is 2. The van der Waals surface area contributed by atoms with Crippen LogP contribution in [0.1, 0.15) is 38.8 Å². The highest BCUT2D eigenvalue weighted by molar-refractivity contribution is 5.83. The number of hydrogen-bond donors (Lipinski definition) is 1. The van der Waals surface area contributed by atoms with Crippen molar-refractivity contribution in [2.24, 2.45) is 17.3 Å². The summed E-state index contributed by atoms with van der Waals surface area (Å²) in [4.78, 5) is 14.7. The standard InChI is InChI=1S/C20H30N2O/c1-14(2)11-17-18(20(17,3)4)19(23)21-12-15-9-7-8-10-16(15)13-22(5)6/h7-11,17-18H,12-13H2,1-6H3,(H,21,23)/t17-,18+/m0/s1. The molecule has 1 aliphatic rings. The van der Waals surface area contributed by atoms with Crippen LogP contribution in [0.4, 0.5) is 0 Å². The number of nitrogens with zero attached hydrogens (tertiary/aromatic N) is 1. The van der Waals surface area contributed by atoms with E-state index in [1.165, 1.54) is 16.7 Å². The summed E-state index contributed by atoms with van der Waals surface area (Å²) in [7, 11) is 4.12. The maximum Gasteiger partial charge on any atom is 0.224 e. The molecule has 0 aromatic heterocycles. The zero-order chi connectivity index (χ0) is 17.2. The SMILES string of the molecule is CC(C)=C[C@H]1[C@H](C(=O)NCc2ccccc2CN(C)C)C1(C)C. The maximum absolute atomic E-state index is 12.6. The Kier molecular flexibility index (Phi) is 5.30. The molecular weight excluding hydrogens is 284 g/mol. The molecule has 0 saturated heterocycles. The predicted octanol–water partition coefficient (Wildman–Crippen LogP) is 3.60. The summed E-state index contributed by atoms with van der Waals surface area (Å²) in [5.41, 5.74) is 3.83. The van der Waals surface area contributed by atoms with Gasteiger partial charge in [-0.25, -0.2) is 0 Å². The van der Waals surface area contributed by atoms with Gasteiger partial charge in [-0.2, -0.15) is 0 Å². The maximum atomic E-state index is 12.6. The third-order valence-corrected chi connectivity index (χ3v) is 4.76. The zero-order valence-electron chi connectivity index (χ0n) is 15.3. The van der Waals surface area contributed by atoms with Crippen LogP contribution in [0.2, 0.25) is 0 Å². The van der Waals surface area contributed by atoms with Gasteiger partial charge in [0.15, 0.2) is 0 Å². The Morgan fingerprint density at radius 3 is 2.39 bits per heavy atom. The highest BCUT2D eigenvalue weighted by Crippen LogP contribution is 2.59. The van der Waals surface area contributed by atoms with Crippen molar-refractivity contribution in [3.8, 4) is 0 Å². The number of rotatable bonds is 6. The summed E-state index contributed by atoms with van der Waals surface area (Å²) in [6, 6.07) is 8.33. The minimum atomic E-state index is 0.0739. The van der Waals surface area contributed by atoms with Gasteiger partial charge in [0.2, 0.25) is 5.91 Å². The van der Waals surface area contributed by atoms with E-state index in [4.69, 9.17) is 0 Å². The molecule has 1 N–H and O–H groups in total. The van der Waals surface area contributed by atoms with E-state index in [1.54, 1.807) is 0 Å². The molecular formula is C20H30N2O. The Morgan fingerprint density at radius 2 is 1.83 bits per heavy atom. The van der Waals surface area contributed by atoms with Crippen molar-refractivity contribution < 1.29 is 4.79 Å². The lowest BCUT2D eigenvalue weighted by atomic mass is 10.1. The number of benzene rings is 1. The van der Waals surface area contributed by atoms with Crippen molar-refractivity contribution in [2.75, 3.05) is 14.1 Å². The number of carbonyl (C=O) groups is 1. The Morgan fingerprint density at radius 1 is 1.22 bits per heavy atom. The van der Waals surface area contributed by atoms with E-state index in [-0.39, 0.29) is 17.2 Å². The van der Waals surface area contributed by atoms with Gasteiger partial charge in [0.1, 0.15) is 0 Å². The van der Waals surface area contributed by atoms with Gasteiger partial charge in [0, 0.05) is 13.1 Å². The third kappa shape index (κ3) is 4.23. The Labute approximate surface area is 140 Å².